The van der Waals surface area contributed by atoms with Gasteiger partial charge in [-0.15, -0.1) is 12.4 Å². The van der Waals surface area contributed by atoms with E-state index < -0.39 is 5.78 Å². The number of phenolic OH excluding ortho intramolecular Hbond substituents is 1. The van der Waals surface area contributed by atoms with Crippen LogP contribution in [0.4, 0.5) is 0 Å². The first-order valence-electron chi connectivity index (χ1n) is 9.82. The molecule has 1 aliphatic rings. The summed E-state index contributed by atoms with van der Waals surface area (Å²) in [6.07, 6.45) is 1.75. The number of methoxy groups -OCH3 is 2. The summed E-state index contributed by atoms with van der Waals surface area (Å²) in [6.45, 7) is 1.54. The van der Waals surface area contributed by atoms with E-state index in [1.807, 2.05) is 0 Å². The van der Waals surface area contributed by atoms with Gasteiger partial charge in [0.25, 0.3) is 5.91 Å². The Balaban J connectivity index is 0.00000341. The summed E-state index contributed by atoms with van der Waals surface area (Å²) in [5.74, 6) is -0.398. The second-order valence-corrected chi connectivity index (χ2v) is 7.19. The van der Waals surface area contributed by atoms with Crippen molar-refractivity contribution in [1.29, 1.82) is 0 Å². The van der Waals surface area contributed by atoms with Gasteiger partial charge in [0.15, 0.2) is 11.5 Å². The van der Waals surface area contributed by atoms with Crippen LogP contribution in [-0.4, -0.2) is 56.2 Å². The normalized spacial score (nSPS) is 18.3. The molecule has 0 spiro atoms. The van der Waals surface area contributed by atoms with Crippen molar-refractivity contribution in [2.75, 3.05) is 27.3 Å². The number of hydrogen-bond donors (Lipinski definition) is 4. The molecule has 3 rings (SSSR count). The van der Waals surface area contributed by atoms with Gasteiger partial charge in [-0.1, -0.05) is 12.1 Å². The number of nitrogens with two attached hydrogens (primary N) is 1. The highest BCUT2D eigenvalue weighted by molar-refractivity contribution is 6.13. The Morgan fingerprint density at radius 1 is 1.10 bits per heavy atom. The molecule has 31 heavy (non-hydrogen) atoms. The van der Waals surface area contributed by atoms with Gasteiger partial charge in [0, 0.05) is 29.8 Å². The van der Waals surface area contributed by atoms with Crippen molar-refractivity contribution in [3.63, 3.8) is 0 Å². The van der Waals surface area contributed by atoms with Gasteiger partial charge >= 0.3 is 0 Å². The third kappa shape index (κ3) is 5.46. The first-order valence-corrected chi connectivity index (χ1v) is 9.82. The topological polar surface area (TPSA) is 123 Å². The van der Waals surface area contributed by atoms with Crippen molar-refractivity contribution in [2.45, 2.75) is 24.9 Å². The molecule has 1 heterocycles. The van der Waals surface area contributed by atoms with Crippen LogP contribution in [-0.2, 0) is 0 Å². The van der Waals surface area contributed by atoms with Gasteiger partial charge in [0.1, 0.15) is 11.3 Å². The number of benzene rings is 2. The van der Waals surface area contributed by atoms with Crippen molar-refractivity contribution >= 4 is 24.1 Å². The number of amides is 1. The van der Waals surface area contributed by atoms with Gasteiger partial charge in [-0.25, -0.2) is 0 Å². The molecule has 8 nitrogen and oxygen atoms in total. The van der Waals surface area contributed by atoms with Crippen LogP contribution in [0.2, 0.25) is 0 Å². The van der Waals surface area contributed by atoms with Gasteiger partial charge in [-0.3, -0.25) is 9.59 Å². The van der Waals surface area contributed by atoms with Gasteiger partial charge < -0.3 is 30.9 Å². The van der Waals surface area contributed by atoms with Crippen molar-refractivity contribution in [2.24, 2.45) is 5.73 Å². The maximum atomic E-state index is 13.0. The van der Waals surface area contributed by atoms with Crippen LogP contribution in [0, 0.1) is 0 Å². The first kappa shape index (κ1) is 24.5. The van der Waals surface area contributed by atoms with Crippen LogP contribution in [0.15, 0.2) is 36.4 Å². The van der Waals surface area contributed by atoms with Gasteiger partial charge in [0.2, 0.25) is 5.78 Å². The Morgan fingerprint density at radius 2 is 1.77 bits per heavy atom. The Hall–Kier alpha value is -2.81. The van der Waals surface area contributed by atoms with Crippen LogP contribution in [0.25, 0.3) is 0 Å². The van der Waals surface area contributed by atoms with E-state index in [2.05, 4.69) is 10.6 Å². The molecule has 0 unspecified atom stereocenters. The van der Waals surface area contributed by atoms with Crippen molar-refractivity contribution in [1.82, 2.24) is 10.6 Å². The molecule has 1 aliphatic heterocycles. The third-order valence-electron chi connectivity index (χ3n) is 5.24. The molecule has 2 atom stereocenters. The average molecular weight is 450 g/mol. The SMILES string of the molecule is COc1ccc(O)c(C(=O)c2ccc(C(=O)N[C@@H]3CCCNC[C@H]3N)cc2)c1OC.Cl. The lowest BCUT2D eigenvalue weighted by molar-refractivity contribution is 0.0928. The highest BCUT2D eigenvalue weighted by atomic mass is 35.5. The van der Waals surface area contributed by atoms with Crippen LogP contribution in [0.1, 0.15) is 39.1 Å². The van der Waals surface area contributed by atoms with E-state index in [1.165, 1.54) is 26.4 Å². The average Bonchev–Trinajstić information content (AvgIpc) is 2.97. The number of ether oxygens (including phenoxy) is 2. The summed E-state index contributed by atoms with van der Waals surface area (Å²) in [4.78, 5) is 25.6. The zero-order chi connectivity index (χ0) is 21.7. The number of rotatable bonds is 6. The van der Waals surface area contributed by atoms with E-state index >= 15 is 0 Å². The zero-order valence-corrected chi connectivity index (χ0v) is 18.3. The zero-order valence-electron chi connectivity index (χ0n) is 17.5. The second kappa shape index (κ2) is 11.0. The minimum absolute atomic E-state index is 0. The molecule has 0 aromatic heterocycles. The fourth-order valence-electron chi connectivity index (χ4n) is 3.56. The molecule has 1 amide bonds. The van der Waals surface area contributed by atoms with E-state index in [0.29, 0.717) is 23.4 Å². The molecule has 1 fully saturated rings. The third-order valence-corrected chi connectivity index (χ3v) is 5.24. The standard InChI is InChI=1S/C22H27N3O5.ClH/c1-29-18-10-9-17(26)19(21(18)30-2)20(27)13-5-7-14(8-6-13)22(28)25-16-4-3-11-24-12-15(16)23;/h5-10,15-16,24,26H,3-4,11-12,23H2,1-2H3,(H,25,28);1H/t15-,16-;/m1./s1. The largest absolute Gasteiger partial charge is 0.507 e. The van der Waals surface area contributed by atoms with Crippen molar-refractivity contribution < 1.29 is 24.2 Å². The number of ketones is 1. The van der Waals surface area contributed by atoms with Crippen LogP contribution < -0.4 is 25.8 Å². The lowest BCUT2D eigenvalue weighted by atomic mass is 9.99. The van der Waals surface area contributed by atoms with E-state index in [1.54, 1.807) is 24.3 Å². The predicted octanol–water partition coefficient (Wildman–Crippen LogP) is 1.87. The minimum atomic E-state index is -0.438. The summed E-state index contributed by atoms with van der Waals surface area (Å²) in [7, 11) is 2.85. The van der Waals surface area contributed by atoms with Gasteiger partial charge in [-0.05, 0) is 43.7 Å². The maximum Gasteiger partial charge on any atom is 0.251 e. The number of nitrogens with one attached hydrogen (secondary N) is 2. The molecule has 168 valence electrons. The molecule has 0 bridgehead atoms. The van der Waals surface area contributed by atoms with E-state index in [9.17, 15) is 14.7 Å². The Bertz CT molecular complexity index is 920. The highest BCUT2D eigenvalue weighted by Crippen LogP contribution is 2.38. The van der Waals surface area contributed by atoms with Gasteiger partial charge in [0.05, 0.1) is 14.2 Å². The summed E-state index contributed by atoms with van der Waals surface area (Å²) in [5.41, 5.74) is 6.87. The quantitative estimate of drug-likeness (QED) is 0.496. The molecular weight excluding hydrogens is 422 g/mol. The fraction of sp³-hybridized carbons (Fsp3) is 0.364. The Kier molecular flexibility index (Phi) is 8.67. The minimum Gasteiger partial charge on any atom is -0.507 e. The number of hydrogen-bond acceptors (Lipinski definition) is 7. The van der Waals surface area contributed by atoms with E-state index in [-0.39, 0.29) is 47.5 Å². The molecule has 9 heteroatoms. The van der Waals surface area contributed by atoms with Crippen LogP contribution >= 0.6 is 12.4 Å². The second-order valence-electron chi connectivity index (χ2n) is 7.19. The number of carbonyl (C=O) groups excluding carboxylic acids is 2. The van der Waals surface area contributed by atoms with Gasteiger partial charge in [-0.2, -0.15) is 0 Å². The van der Waals surface area contributed by atoms with E-state index in [0.717, 1.165) is 19.4 Å². The fourth-order valence-corrected chi connectivity index (χ4v) is 3.56. The molecule has 2 aromatic carbocycles. The first-order chi connectivity index (χ1) is 14.5. The lowest BCUT2D eigenvalue weighted by Crippen LogP contribution is -2.50. The van der Waals surface area contributed by atoms with E-state index in [4.69, 9.17) is 15.2 Å². The molecule has 1 saturated heterocycles. The monoisotopic (exact) mass is 449 g/mol. The summed E-state index contributed by atoms with van der Waals surface area (Å²) in [6, 6.07) is 8.88. The number of halogens is 1. The molecule has 0 radical (unpaired) electrons. The number of carbonyl (C=O) groups is 2. The molecular formula is C22H28ClN3O5. The Labute approximate surface area is 187 Å². The van der Waals surface area contributed by atoms with Crippen LogP contribution in [0.3, 0.4) is 0 Å². The summed E-state index contributed by atoms with van der Waals surface area (Å²) < 4.78 is 10.5. The number of aromatic hydroxyl groups is 1. The maximum absolute atomic E-state index is 13.0. The van der Waals surface area contributed by atoms with Crippen LogP contribution in [0.5, 0.6) is 17.2 Å². The molecule has 2 aromatic rings. The lowest BCUT2D eigenvalue weighted by Gasteiger charge is -2.22. The summed E-state index contributed by atoms with van der Waals surface area (Å²) >= 11 is 0. The Morgan fingerprint density at radius 3 is 2.42 bits per heavy atom. The van der Waals surface area contributed by atoms with Crippen molar-refractivity contribution in [3.8, 4) is 17.2 Å². The molecule has 0 aliphatic carbocycles. The van der Waals surface area contributed by atoms with Crippen molar-refractivity contribution in [3.05, 3.63) is 53.1 Å². The predicted molar refractivity (Wildman–Crippen MR) is 120 cm³/mol. The number of phenols is 1. The molecule has 5 N–H and O–H groups in total. The summed E-state index contributed by atoms with van der Waals surface area (Å²) in [5, 5.41) is 16.4. The highest BCUT2D eigenvalue weighted by Gasteiger charge is 2.24. The molecule has 0 saturated carbocycles. The smallest absolute Gasteiger partial charge is 0.251 e.